The molecule has 3 rings (SSSR count). The van der Waals surface area contributed by atoms with E-state index in [1.54, 1.807) is 32.9 Å². The van der Waals surface area contributed by atoms with Gasteiger partial charge in [0.25, 0.3) is 0 Å². The zero-order chi connectivity index (χ0) is 20.3. The van der Waals surface area contributed by atoms with Gasteiger partial charge in [0, 0.05) is 0 Å². The van der Waals surface area contributed by atoms with Crippen LogP contribution in [0.5, 0.6) is 0 Å². The number of rotatable bonds is 4. The van der Waals surface area contributed by atoms with Crippen LogP contribution in [0.1, 0.15) is 45.1 Å². The van der Waals surface area contributed by atoms with Crippen molar-refractivity contribution in [1.29, 1.82) is 0 Å². The molecule has 2 saturated heterocycles. The van der Waals surface area contributed by atoms with E-state index in [1.165, 1.54) is 11.0 Å². The van der Waals surface area contributed by atoms with Crippen molar-refractivity contribution in [2.24, 2.45) is 0 Å². The van der Waals surface area contributed by atoms with Crippen molar-refractivity contribution in [3.63, 3.8) is 0 Å². The lowest BCUT2D eigenvalue weighted by atomic mass is 9.93. The molecule has 0 saturated carbocycles. The SMILES string of the molecule is CC(C)(C)OC(=O)NC[C@H]1CN(c2ccc(C3CCSCC3)c(F)c2)C(=O)O1. The Morgan fingerprint density at radius 2 is 2.07 bits per heavy atom. The first-order valence-electron chi connectivity index (χ1n) is 9.55. The monoisotopic (exact) mass is 410 g/mol. The molecule has 1 N–H and O–H groups in total. The maximum atomic E-state index is 14.7. The summed E-state index contributed by atoms with van der Waals surface area (Å²) in [6.45, 7) is 5.70. The van der Waals surface area contributed by atoms with Crippen LogP contribution in [0.2, 0.25) is 0 Å². The lowest BCUT2D eigenvalue weighted by Crippen LogP contribution is -2.38. The molecule has 154 valence electrons. The number of amides is 2. The molecule has 0 unspecified atom stereocenters. The average molecular weight is 411 g/mol. The van der Waals surface area contributed by atoms with E-state index >= 15 is 0 Å². The van der Waals surface area contributed by atoms with E-state index in [4.69, 9.17) is 9.47 Å². The second-order valence-electron chi connectivity index (χ2n) is 8.09. The Kier molecular flexibility index (Phi) is 6.37. The molecule has 1 atom stereocenters. The summed E-state index contributed by atoms with van der Waals surface area (Å²) in [7, 11) is 0. The third-order valence-electron chi connectivity index (χ3n) is 4.70. The second-order valence-corrected chi connectivity index (χ2v) is 9.32. The van der Waals surface area contributed by atoms with Crippen LogP contribution in [0.4, 0.5) is 19.7 Å². The van der Waals surface area contributed by atoms with Crippen LogP contribution in [0, 0.1) is 5.82 Å². The van der Waals surface area contributed by atoms with Gasteiger partial charge in [-0.05, 0) is 68.7 Å². The van der Waals surface area contributed by atoms with Crippen molar-refractivity contribution in [2.45, 2.75) is 51.2 Å². The summed E-state index contributed by atoms with van der Waals surface area (Å²) in [4.78, 5) is 25.3. The van der Waals surface area contributed by atoms with Crippen molar-refractivity contribution in [3.05, 3.63) is 29.6 Å². The number of carbonyl (C=O) groups excluding carboxylic acids is 2. The predicted molar refractivity (Wildman–Crippen MR) is 108 cm³/mol. The number of cyclic esters (lactones) is 1. The summed E-state index contributed by atoms with van der Waals surface area (Å²) >= 11 is 1.90. The van der Waals surface area contributed by atoms with Gasteiger partial charge >= 0.3 is 12.2 Å². The third-order valence-corrected chi connectivity index (χ3v) is 5.75. The lowest BCUT2D eigenvalue weighted by Gasteiger charge is -2.23. The number of ether oxygens (including phenoxy) is 2. The minimum atomic E-state index is -0.598. The molecule has 0 radical (unpaired) electrons. The van der Waals surface area contributed by atoms with Crippen LogP contribution >= 0.6 is 11.8 Å². The minimum absolute atomic E-state index is 0.136. The van der Waals surface area contributed by atoms with E-state index < -0.39 is 23.9 Å². The van der Waals surface area contributed by atoms with Crippen LogP contribution in [0.15, 0.2) is 18.2 Å². The van der Waals surface area contributed by atoms with Crippen LogP contribution in [0.25, 0.3) is 0 Å². The molecular weight excluding hydrogens is 383 g/mol. The molecule has 2 aliphatic rings. The first-order chi connectivity index (χ1) is 13.2. The fraction of sp³-hybridized carbons (Fsp3) is 0.600. The van der Waals surface area contributed by atoms with Crippen LogP contribution in [-0.4, -0.2) is 48.5 Å². The fourth-order valence-corrected chi connectivity index (χ4v) is 4.48. The van der Waals surface area contributed by atoms with Crippen molar-refractivity contribution in [1.82, 2.24) is 5.32 Å². The molecule has 0 spiro atoms. The van der Waals surface area contributed by atoms with Crippen molar-refractivity contribution in [3.8, 4) is 0 Å². The highest BCUT2D eigenvalue weighted by molar-refractivity contribution is 7.99. The van der Waals surface area contributed by atoms with Crippen LogP contribution < -0.4 is 10.2 Å². The molecule has 2 fully saturated rings. The Morgan fingerprint density at radius 1 is 1.36 bits per heavy atom. The maximum absolute atomic E-state index is 14.7. The van der Waals surface area contributed by atoms with Crippen molar-refractivity contribution in [2.75, 3.05) is 29.5 Å². The van der Waals surface area contributed by atoms with E-state index in [0.29, 0.717) is 5.69 Å². The van der Waals surface area contributed by atoms with Gasteiger partial charge < -0.3 is 14.8 Å². The minimum Gasteiger partial charge on any atom is -0.444 e. The van der Waals surface area contributed by atoms with Crippen LogP contribution in [-0.2, 0) is 9.47 Å². The Hall–Kier alpha value is -1.96. The quantitative estimate of drug-likeness (QED) is 0.802. The Labute approximate surface area is 169 Å². The van der Waals surface area contributed by atoms with Gasteiger partial charge in [-0.2, -0.15) is 11.8 Å². The number of anilines is 1. The van der Waals surface area contributed by atoms with E-state index in [0.717, 1.165) is 29.9 Å². The van der Waals surface area contributed by atoms with Crippen LogP contribution in [0.3, 0.4) is 0 Å². The smallest absolute Gasteiger partial charge is 0.414 e. The topological polar surface area (TPSA) is 67.9 Å². The fourth-order valence-electron chi connectivity index (χ4n) is 3.37. The highest BCUT2D eigenvalue weighted by atomic mass is 32.2. The molecule has 1 aromatic carbocycles. The van der Waals surface area contributed by atoms with E-state index in [9.17, 15) is 14.0 Å². The highest BCUT2D eigenvalue weighted by Crippen LogP contribution is 2.34. The summed E-state index contributed by atoms with van der Waals surface area (Å²) in [5.74, 6) is 2.07. The van der Waals surface area contributed by atoms with Gasteiger partial charge in [-0.1, -0.05) is 6.07 Å². The average Bonchev–Trinajstić information content (AvgIpc) is 3.00. The first kappa shape index (κ1) is 20.8. The number of nitrogens with zero attached hydrogens (tertiary/aromatic N) is 1. The van der Waals surface area contributed by atoms with Gasteiger partial charge in [0.05, 0.1) is 18.8 Å². The predicted octanol–water partition coefficient (Wildman–Crippen LogP) is 4.29. The summed E-state index contributed by atoms with van der Waals surface area (Å²) < 4.78 is 25.1. The summed E-state index contributed by atoms with van der Waals surface area (Å²) in [5, 5.41) is 2.60. The molecule has 0 aromatic heterocycles. The van der Waals surface area contributed by atoms with Gasteiger partial charge in [0.1, 0.15) is 17.5 Å². The summed E-state index contributed by atoms with van der Waals surface area (Å²) in [6.07, 6.45) is 0.328. The van der Waals surface area contributed by atoms with Crippen molar-refractivity contribution >= 4 is 29.6 Å². The van der Waals surface area contributed by atoms with Gasteiger partial charge in [-0.15, -0.1) is 0 Å². The molecule has 2 aliphatic heterocycles. The number of benzene rings is 1. The Balaban J connectivity index is 1.59. The largest absolute Gasteiger partial charge is 0.444 e. The van der Waals surface area contributed by atoms with E-state index in [1.807, 2.05) is 11.8 Å². The second kappa shape index (κ2) is 8.59. The standard InChI is InChI=1S/C20H27FN2O4S/c1-20(2,3)27-18(24)22-11-15-12-23(19(25)26-15)14-4-5-16(17(21)10-14)13-6-8-28-9-7-13/h4-5,10,13,15H,6-9,11-12H2,1-3H3,(H,22,24)/t15-/m0/s1. The number of carbonyl (C=O) groups is 2. The number of hydrogen-bond donors (Lipinski definition) is 1. The van der Waals surface area contributed by atoms with Crippen molar-refractivity contribution < 1.29 is 23.5 Å². The van der Waals surface area contributed by atoms with Gasteiger partial charge in [0.2, 0.25) is 0 Å². The number of halogens is 1. The Morgan fingerprint density at radius 3 is 2.71 bits per heavy atom. The Bertz CT molecular complexity index is 731. The molecular formula is C20H27FN2O4S. The maximum Gasteiger partial charge on any atom is 0.414 e. The van der Waals surface area contributed by atoms with Gasteiger partial charge in [0.15, 0.2) is 0 Å². The number of thioether (sulfide) groups is 1. The highest BCUT2D eigenvalue weighted by Gasteiger charge is 2.33. The molecule has 1 aromatic rings. The molecule has 2 amide bonds. The molecule has 8 heteroatoms. The van der Waals surface area contributed by atoms with E-state index in [-0.39, 0.29) is 24.8 Å². The summed E-state index contributed by atoms with van der Waals surface area (Å²) in [5.41, 5.74) is 0.592. The molecule has 0 bridgehead atoms. The molecule has 0 aliphatic carbocycles. The van der Waals surface area contributed by atoms with E-state index in [2.05, 4.69) is 5.32 Å². The molecule has 28 heavy (non-hydrogen) atoms. The number of nitrogens with one attached hydrogen (secondary N) is 1. The lowest BCUT2D eigenvalue weighted by molar-refractivity contribution is 0.0496. The number of hydrogen-bond acceptors (Lipinski definition) is 5. The molecule has 2 heterocycles. The zero-order valence-electron chi connectivity index (χ0n) is 16.5. The number of alkyl carbamates (subject to hydrolysis) is 1. The summed E-state index contributed by atoms with van der Waals surface area (Å²) in [6, 6.07) is 4.96. The van der Waals surface area contributed by atoms with Gasteiger partial charge in [-0.3, -0.25) is 4.90 Å². The first-order valence-corrected chi connectivity index (χ1v) is 10.7. The molecule has 6 nitrogen and oxygen atoms in total. The zero-order valence-corrected chi connectivity index (χ0v) is 17.3. The van der Waals surface area contributed by atoms with Gasteiger partial charge in [-0.25, -0.2) is 14.0 Å². The third kappa shape index (κ3) is 5.31. The normalized spacial score (nSPS) is 20.8.